The van der Waals surface area contributed by atoms with Gasteiger partial charge in [0, 0.05) is 37.7 Å². The van der Waals surface area contributed by atoms with Gasteiger partial charge in [0.2, 0.25) is 0 Å². The van der Waals surface area contributed by atoms with Crippen LogP contribution in [0.15, 0.2) is 42.7 Å². The van der Waals surface area contributed by atoms with E-state index in [1.54, 1.807) is 36.7 Å². The predicted molar refractivity (Wildman–Crippen MR) is 83.1 cm³/mol. The van der Waals surface area contributed by atoms with Gasteiger partial charge in [-0.15, -0.1) is 0 Å². The molecule has 5 nitrogen and oxygen atoms in total. The van der Waals surface area contributed by atoms with E-state index in [9.17, 15) is 9.50 Å². The van der Waals surface area contributed by atoms with E-state index in [1.807, 2.05) is 0 Å². The molecule has 0 spiro atoms. The minimum absolute atomic E-state index is 0.221. The van der Waals surface area contributed by atoms with Crippen LogP contribution in [-0.2, 0) is 10.3 Å². The largest absolute Gasteiger partial charge is 0.387 e. The second kappa shape index (κ2) is 7.12. The zero-order valence-electron chi connectivity index (χ0n) is 12.8. The Morgan fingerprint density at radius 3 is 2.57 bits per heavy atom. The van der Waals surface area contributed by atoms with Gasteiger partial charge in [-0.05, 0) is 25.0 Å². The van der Waals surface area contributed by atoms with Crippen molar-refractivity contribution in [3.8, 4) is 0 Å². The number of aliphatic hydroxyl groups excluding tert-OH is 1. The van der Waals surface area contributed by atoms with Crippen LogP contribution < -0.4 is 5.32 Å². The molecule has 1 aromatic heterocycles. The Hall–Kier alpha value is -1.89. The third kappa shape index (κ3) is 3.55. The number of hydrogen-bond acceptors (Lipinski definition) is 5. The molecule has 1 aromatic carbocycles. The number of halogens is 1. The first-order valence-corrected chi connectivity index (χ1v) is 7.74. The summed E-state index contributed by atoms with van der Waals surface area (Å²) in [5, 5.41) is 13.7. The van der Waals surface area contributed by atoms with Crippen LogP contribution in [0, 0.1) is 5.82 Å². The summed E-state index contributed by atoms with van der Waals surface area (Å²) in [5.74, 6) is 0.280. The first-order valence-electron chi connectivity index (χ1n) is 7.74. The summed E-state index contributed by atoms with van der Waals surface area (Å²) in [6.45, 7) is 1.42. The molecule has 1 saturated heterocycles. The summed E-state index contributed by atoms with van der Waals surface area (Å²) in [6, 6.07) is 8.04. The SMILES string of the molecule is OC(CNC1(c2ncccn2)CCOCC1)c1ccccc1F. The van der Waals surface area contributed by atoms with E-state index in [0.29, 0.717) is 31.9 Å². The van der Waals surface area contributed by atoms with Crippen molar-refractivity contribution in [1.29, 1.82) is 0 Å². The van der Waals surface area contributed by atoms with E-state index in [1.165, 1.54) is 6.07 Å². The van der Waals surface area contributed by atoms with Gasteiger partial charge in [-0.25, -0.2) is 14.4 Å². The summed E-state index contributed by atoms with van der Waals surface area (Å²) in [7, 11) is 0. The number of hydrogen-bond donors (Lipinski definition) is 2. The fraction of sp³-hybridized carbons (Fsp3) is 0.412. The fourth-order valence-electron chi connectivity index (χ4n) is 2.89. The number of nitrogens with one attached hydrogen (secondary N) is 1. The van der Waals surface area contributed by atoms with Gasteiger partial charge >= 0.3 is 0 Å². The number of aromatic nitrogens is 2. The second-order valence-corrected chi connectivity index (χ2v) is 5.69. The highest BCUT2D eigenvalue weighted by Crippen LogP contribution is 2.30. The Morgan fingerprint density at radius 2 is 1.87 bits per heavy atom. The van der Waals surface area contributed by atoms with Crippen LogP contribution in [0.4, 0.5) is 4.39 Å². The normalized spacial score (nSPS) is 18.5. The van der Waals surface area contributed by atoms with Crippen molar-refractivity contribution >= 4 is 0 Å². The van der Waals surface area contributed by atoms with Crippen LogP contribution in [0.1, 0.15) is 30.3 Å². The minimum atomic E-state index is -0.931. The molecule has 1 aliphatic heterocycles. The minimum Gasteiger partial charge on any atom is -0.387 e. The highest BCUT2D eigenvalue weighted by Gasteiger charge is 2.37. The Morgan fingerprint density at radius 1 is 1.17 bits per heavy atom. The summed E-state index contributed by atoms with van der Waals surface area (Å²) >= 11 is 0. The van der Waals surface area contributed by atoms with E-state index in [-0.39, 0.29) is 12.1 Å². The van der Waals surface area contributed by atoms with Gasteiger partial charge < -0.3 is 15.2 Å². The smallest absolute Gasteiger partial charge is 0.148 e. The van der Waals surface area contributed by atoms with Crippen LogP contribution in [0.2, 0.25) is 0 Å². The van der Waals surface area contributed by atoms with Crippen molar-refractivity contribution in [3.05, 3.63) is 59.9 Å². The Balaban J connectivity index is 1.76. The number of benzene rings is 1. The van der Waals surface area contributed by atoms with E-state index < -0.39 is 17.5 Å². The molecule has 1 fully saturated rings. The van der Waals surface area contributed by atoms with Gasteiger partial charge in [0.25, 0.3) is 0 Å². The van der Waals surface area contributed by atoms with E-state index in [2.05, 4.69) is 15.3 Å². The Labute approximate surface area is 134 Å². The Kier molecular flexibility index (Phi) is 4.95. The molecule has 1 aliphatic rings. The molecular weight excluding hydrogens is 297 g/mol. The molecular formula is C17H20FN3O2. The van der Waals surface area contributed by atoms with E-state index in [0.717, 1.165) is 0 Å². The topological polar surface area (TPSA) is 67.3 Å². The van der Waals surface area contributed by atoms with Crippen molar-refractivity contribution < 1.29 is 14.2 Å². The maximum absolute atomic E-state index is 13.8. The van der Waals surface area contributed by atoms with Gasteiger partial charge in [-0.2, -0.15) is 0 Å². The van der Waals surface area contributed by atoms with Crippen molar-refractivity contribution in [3.63, 3.8) is 0 Å². The Bertz CT molecular complexity index is 633. The number of aliphatic hydroxyl groups is 1. The van der Waals surface area contributed by atoms with Gasteiger partial charge in [0.1, 0.15) is 11.6 Å². The molecule has 2 aromatic rings. The highest BCUT2D eigenvalue weighted by atomic mass is 19.1. The molecule has 3 rings (SSSR count). The van der Waals surface area contributed by atoms with Crippen LogP contribution in [0.5, 0.6) is 0 Å². The van der Waals surface area contributed by atoms with E-state index in [4.69, 9.17) is 4.74 Å². The molecule has 2 N–H and O–H groups in total. The summed E-state index contributed by atoms with van der Waals surface area (Å²) < 4.78 is 19.2. The van der Waals surface area contributed by atoms with Crippen LogP contribution in [-0.4, -0.2) is 34.8 Å². The highest BCUT2D eigenvalue weighted by molar-refractivity contribution is 5.20. The average Bonchev–Trinajstić information content (AvgIpc) is 2.62. The molecule has 0 saturated carbocycles. The number of ether oxygens (including phenoxy) is 1. The number of nitrogens with zero attached hydrogens (tertiary/aromatic N) is 2. The predicted octanol–water partition coefficient (Wildman–Crippen LogP) is 1.94. The average molecular weight is 317 g/mol. The fourth-order valence-corrected chi connectivity index (χ4v) is 2.89. The van der Waals surface area contributed by atoms with Gasteiger partial charge in [0.15, 0.2) is 0 Å². The lowest BCUT2D eigenvalue weighted by atomic mass is 9.88. The van der Waals surface area contributed by atoms with Crippen molar-refractivity contribution in [2.75, 3.05) is 19.8 Å². The lowest BCUT2D eigenvalue weighted by molar-refractivity contribution is 0.0261. The molecule has 0 aliphatic carbocycles. The number of rotatable bonds is 5. The van der Waals surface area contributed by atoms with Crippen LogP contribution in [0.25, 0.3) is 0 Å². The lowest BCUT2D eigenvalue weighted by Crippen LogP contribution is -2.49. The summed E-state index contributed by atoms with van der Waals surface area (Å²) in [6.07, 6.45) is 3.89. The van der Waals surface area contributed by atoms with Crippen LogP contribution in [0.3, 0.4) is 0 Å². The van der Waals surface area contributed by atoms with Crippen molar-refractivity contribution in [2.24, 2.45) is 0 Å². The molecule has 0 bridgehead atoms. The zero-order chi connectivity index (χ0) is 16.1. The molecule has 1 unspecified atom stereocenters. The molecule has 2 heterocycles. The van der Waals surface area contributed by atoms with Crippen molar-refractivity contribution in [2.45, 2.75) is 24.5 Å². The van der Waals surface area contributed by atoms with Crippen molar-refractivity contribution in [1.82, 2.24) is 15.3 Å². The zero-order valence-corrected chi connectivity index (χ0v) is 12.8. The first kappa shape index (κ1) is 16.0. The van der Waals surface area contributed by atoms with E-state index >= 15 is 0 Å². The molecule has 0 radical (unpaired) electrons. The maximum atomic E-state index is 13.8. The quantitative estimate of drug-likeness (QED) is 0.882. The van der Waals surface area contributed by atoms with Crippen LogP contribution >= 0.6 is 0 Å². The lowest BCUT2D eigenvalue weighted by Gasteiger charge is -2.37. The third-order valence-corrected chi connectivity index (χ3v) is 4.24. The first-order chi connectivity index (χ1) is 11.2. The molecule has 1 atom stereocenters. The molecule has 122 valence electrons. The van der Waals surface area contributed by atoms with Gasteiger partial charge in [0.05, 0.1) is 11.6 Å². The summed E-state index contributed by atoms with van der Waals surface area (Å²) in [5.41, 5.74) is -0.164. The van der Waals surface area contributed by atoms with Gasteiger partial charge in [-0.3, -0.25) is 0 Å². The molecule has 0 amide bonds. The third-order valence-electron chi connectivity index (χ3n) is 4.24. The molecule has 6 heteroatoms. The van der Waals surface area contributed by atoms with Gasteiger partial charge in [-0.1, -0.05) is 18.2 Å². The standard InChI is InChI=1S/C17H20FN3O2/c18-14-5-2-1-4-13(14)15(22)12-21-17(6-10-23-11-7-17)16-19-8-3-9-20-16/h1-5,8-9,15,21-22H,6-7,10-12H2. The summed E-state index contributed by atoms with van der Waals surface area (Å²) in [4.78, 5) is 8.72. The maximum Gasteiger partial charge on any atom is 0.148 e. The molecule has 23 heavy (non-hydrogen) atoms. The second-order valence-electron chi connectivity index (χ2n) is 5.69. The monoisotopic (exact) mass is 317 g/mol.